The summed E-state index contributed by atoms with van der Waals surface area (Å²) in [5.41, 5.74) is 1.71. The molecule has 2 fully saturated rings. The number of hydrogen-bond donors (Lipinski definition) is 0. The standard InChI is InChI=1S/C22H21N3O2S/c26-20-13-18(22(27)25(20)16-8-2-1-3-9-16)24-12-6-7-15(14-24)21-23-17-10-4-5-11-19(17)28-21/h1-5,8-11,15,18H,6-7,12-14H2/t15-,18-/m0/s1. The number of rotatable bonds is 3. The third-order valence-electron chi connectivity index (χ3n) is 5.69. The van der Waals surface area contributed by atoms with Crippen LogP contribution in [0, 0.1) is 0 Å². The fraction of sp³-hybridized carbons (Fsp3) is 0.318. The molecule has 0 unspecified atom stereocenters. The van der Waals surface area contributed by atoms with E-state index in [4.69, 9.17) is 4.98 Å². The first-order valence-electron chi connectivity index (χ1n) is 9.72. The van der Waals surface area contributed by atoms with E-state index in [-0.39, 0.29) is 24.3 Å². The first-order chi connectivity index (χ1) is 13.7. The number of hydrogen-bond acceptors (Lipinski definition) is 5. The van der Waals surface area contributed by atoms with Crippen LogP contribution in [0.25, 0.3) is 10.2 Å². The molecule has 0 bridgehead atoms. The van der Waals surface area contributed by atoms with Gasteiger partial charge in [0.05, 0.1) is 33.4 Å². The van der Waals surface area contributed by atoms with Crippen molar-refractivity contribution in [2.45, 2.75) is 31.2 Å². The fourth-order valence-electron chi connectivity index (χ4n) is 4.31. The van der Waals surface area contributed by atoms with E-state index in [1.807, 2.05) is 48.5 Å². The molecule has 0 N–H and O–H groups in total. The van der Waals surface area contributed by atoms with Crippen molar-refractivity contribution in [2.75, 3.05) is 18.0 Å². The predicted octanol–water partition coefficient (Wildman–Crippen LogP) is 3.81. The number of piperidine rings is 1. The summed E-state index contributed by atoms with van der Waals surface area (Å²) >= 11 is 1.75. The Morgan fingerprint density at radius 3 is 2.61 bits per heavy atom. The summed E-state index contributed by atoms with van der Waals surface area (Å²) in [6.45, 7) is 1.64. The number of benzene rings is 2. The highest BCUT2D eigenvalue weighted by molar-refractivity contribution is 7.18. The van der Waals surface area contributed by atoms with Crippen LogP contribution >= 0.6 is 11.3 Å². The van der Waals surface area contributed by atoms with Gasteiger partial charge in [-0.05, 0) is 43.7 Å². The van der Waals surface area contributed by atoms with Crippen LogP contribution in [0.4, 0.5) is 5.69 Å². The van der Waals surface area contributed by atoms with E-state index >= 15 is 0 Å². The molecule has 2 saturated heterocycles. The molecule has 0 saturated carbocycles. The lowest BCUT2D eigenvalue weighted by atomic mass is 9.97. The SMILES string of the molecule is O=C1C[C@H](N2CCC[C@H](c3nc4ccccc4s3)C2)C(=O)N1c1ccccc1. The largest absolute Gasteiger partial charge is 0.291 e. The van der Waals surface area contributed by atoms with Gasteiger partial charge in [-0.15, -0.1) is 11.3 Å². The van der Waals surface area contributed by atoms with Crippen molar-refractivity contribution in [3.8, 4) is 0 Å². The zero-order valence-corrected chi connectivity index (χ0v) is 16.3. The number of nitrogens with zero attached hydrogens (tertiary/aromatic N) is 3. The summed E-state index contributed by atoms with van der Waals surface area (Å²) in [6.07, 6.45) is 2.36. The van der Waals surface area contributed by atoms with Crippen LogP contribution in [-0.4, -0.2) is 40.8 Å². The van der Waals surface area contributed by atoms with E-state index in [1.165, 1.54) is 9.60 Å². The molecule has 2 aromatic carbocycles. The van der Waals surface area contributed by atoms with E-state index in [0.717, 1.165) is 36.5 Å². The van der Waals surface area contributed by atoms with Gasteiger partial charge in [-0.1, -0.05) is 30.3 Å². The van der Waals surface area contributed by atoms with Crippen LogP contribution in [0.3, 0.4) is 0 Å². The molecule has 6 heteroatoms. The van der Waals surface area contributed by atoms with Gasteiger partial charge < -0.3 is 0 Å². The Labute approximate surface area is 167 Å². The number of imide groups is 1. The van der Waals surface area contributed by atoms with Crippen LogP contribution in [0.1, 0.15) is 30.2 Å². The van der Waals surface area contributed by atoms with Crippen LogP contribution in [0.15, 0.2) is 54.6 Å². The summed E-state index contributed by atoms with van der Waals surface area (Å²) in [7, 11) is 0. The molecule has 3 aromatic rings. The number of thiazole rings is 1. The van der Waals surface area contributed by atoms with Gasteiger partial charge in [-0.2, -0.15) is 0 Å². The van der Waals surface area contributed by atoms with E-state index in [0.29, 0.717) is 11.6 Å². The zero-order valence-electron chi connectivity index (χ0n) is 15.5. The second-order valence-electron chi connectivity index (χ2n) is 7.48. The molecular weight excluding hydrogens is 370 g/mol. The smallest absolute Gasteiger partial charge is 0.251 e. The molecule has 0 radical (unpaired) electrons. The molecule has 5 rings (SSSR count). The Hall–Kier alpha value is -2.57. The Kier molecular flexibility index (Phi) is 4.45. The van der Waals surface area contributed by atoms with Gasteiger partial charge in [0.25, 0.3) is 5.91 Å². The highest BCUT2D eigenvalue weighted by Crippen LogP contribution is 2.35. The normalized spacial score (nSPS) is 23.6. The van der Waals surface area contributed by atoms with E-state index in [9.17, 15) is 9.59 Å². The maximum Gasteiger partial charge on any atom is 0.251 e. The van der Waals surface area contributed by atoms with E-state index in [2.05, 4.69) is 11.0 Å². The molecule has 5 nitrogen and oxygen atoms in total. The average Bonchev–Trinajstić information content (AvgIpc) is 3.29. The van der Waals surface area contributed by atoms with Crippen molar-refractivity contribution < 1.29 is 9.59 Å². The van der Waals surface area contributed by atoms with E-state index < -0.39 is 0 Å². The number of amides is 2. The summed E-state index contributed by atoms with van der Waals surface area (Å²) in [5.74, 6) is 0.115. The molecule has 2 atom stereocenters. The molecule has 2 aliphatic rings. The Bertz CT molecular complexity index is 999. The molecule has 3 heterocycles. The number of para-hydroxylation sites is 2. The zero-order chi connectivity index (χ0) is 19.1. The van der Waals surface area contributed by atoms with Crippen LogP contribution in [0.2, 0.25) is 0 Å². The monoisotopic (exact) mass is 391 g/mol. The van der Waals surface area contributed by atoms with Crippen LogP contribution < -0.4 is 4.90 Å². The Balaban J connectivity index is 1.36. The number of fused-ring (bicyclic) bond motifs is 1. The van der Waals surface area contributed by atoms with Crippen molar-refractivity contribution in [1.82, 2.24) is 9.88 Å². The van der Waals surface area contributed by atoms with Crippen LogP contribution in [0.5, 0.6) is 0 Å². The highest BCUT2D eigenvalue weighted by Gasteiger charge is 2.44. The second kappa shape index (κ2) is 7.11. The molecule has 2 aliphatic heterocycles. The van der Waals surface area contributed by atoms with Crippen molar-refractivity contribution in [3.05, 3.63) is 59.6 Å². The highest BCUT2D eigenvalue weighted by atomic mass is 32.1. The molecule has 0 aliphatic carbocycles. The number of carbonyl (C=O) groups is 2. The maximum atomic E-state index is 13.1. The lowest BCUT2D eigenvalue weighted by molar-refractivity contribution is -0.123. The number of aromatic nitrogens is 1. The summed E-state index contributed by atoms with van der Waals surface area (Å²) < 4.78 is 1.21. The van der Waals surface area contributed by atoms with Gasteiger partial charge in [0, 0.05) is 12.5 Å². The molecule has 1 aromatic heterocycles. The quantitative estimate of drug-likeness (QED) is 0.637. The lowest BCUT2D eigenvalue weighted by Gasteiger charge is -2.34. The molecule has 2 amide bonds. The van der Waals surface area contributed by atoms with Gasteiger partial charge in [-0.3, -0.25) is 14.5 Å². The third kappa shape index (κ3) is 3.02. The third-order valence-corrected chi connectivity index (χ3v) is 6.89. The number of carbonyl (C=O) groups excluding carboxylic acids is 2. The first kappa shape index (κ1) is 17.5. The minimum Gasteiger partial charge on any atom is -0.291 e. The van der Waals surface area contributed by atoms with Crippen LogP contribution in [-0.2, 0) is 9.59 Å². The topological polar surface area (TPSA) is 53.5 Å². The maximum absolute atomic E-state index is 13.1. The fourth-order valence-corrected chi connectivity index (χ4v) is 5.40. The summed E-state index contributed by atoms with van der Waals surface area (Å²) in [4.78, 5) is 34.0. The molecule has 142 valence electrons. The van der Waals surface area contributed by atoms with Crippen molar-refractivity contribution in [3.63, 3.8) is 0 Å². The van der Waals surface area contributed by atoms with Crippen molar-refractivity contribution in [2.24, 2.45) is 0 Å². The first-order valence-corrected chi connectivity index (χ1v) is 10.5. The van der Waals surface area contributed by atoms with Gasteiger partial charge in [-0.25, -0.2) is 9.88 Å². The minimum atomic E-state index is -0.357. The Morgan fingerprint density at radius 2 is 1.79 bits per heavy atom. The van der Waals surface area contributed by atoms with Crippen molar-refractivity contribution in [1.29, 1.82) is 0 Å². The van der Waals surface area contributed by atoms with Crippen molar-refractivity contribution >= 4 is 39.1 Å². The van der Waals surface area contributed by atoms with Gasteiger partial charge in [0.15, 0.2) is 0 Å². The Morgan fingerprint density at radius 1 is 1.00 bits per heavy atom. The minimum absolute atomic E-state index is 0.0962. The summed E-state index contributed by atoms with van der Waals surface area (Å²) in [5, 5.41) is 1.14. The number of anilines is 1. The average molecular weight is 391 g/mol. The summed E-state index contributed by atoms with van der Waals surface area (Å²) in [6, 6.07) is 17.1. The number of likely N-dealkylation sites (tertiary alicyclic amines) is 1. The molecular formula is C22H21N3O2S. The second-order valence-corrected chi connectivity index (χ2v) is 8.54. The van der Waals surface area contributed by atoms with E-state index in [1.54, 1.807) is 11.3 Å². The van der Waals surface area contributed by atoms with Gasteiger partial charge >= 0.3 is 0 Å². The van der Waals surface area contributed by atoms with Gasteiger partial charge in [0.2, 0.25) is 5.91 Å². The van der Waals surface area contributed by atoms with Gasteiger partial charge in [0.1, 0.15) is 0 Å². The molecule has 28 heavy (non-hydrogen) atoms. The predicted molar refractivity (Wildman–Crippen MR) is 111 cm³/mol. The molecule has 0 spiro atoms. The lowest BCUT2D eigenvalue weighted by Crippen LogP contribution is -2.46.